The largest absolute Gasteiger partial charge is 0.341 e. The minimum atomic E-state index is 0.0632. The van der Waals surface area contributed by atoms with Crippen LogP contribution in [0.15, 0.2) is 42.5 Å². The second kappa shape index (κ2) is 6.71. The molecule has 7 nitrogen and oxygen atoms in total. The first-order chi connectivity index (χ1) is 13.3. The van der Waals surface area contributed by atoms with Crippen LogP contribution in [0, 0.1) is 0 Å². The van der Waals surface area contributed by atoms with Crippen LogP contribution in [0.3, 0.4) is 0 Å². The maximum atomic E-state index is 12.8. The summed E-state index contributed by atoms with van der Waals surface area (Å²) in [6.07, 6.45) is 0. The highest BCUT2D eigenvalue weighted by Gasteiger charge is 2.23. The van der Waals surface area contributed by atoms with Crippen LogP contribution in [0.1, 0.15) is 16.2 Å². The number of H-pyrrole nitrogens is 1. The summed E-state index contributed by atoms with van der Waals surface area (Å²) in [7, 11) is 0. The molecular formula is C19H18N6OS. The van der Waals surface area contributed by atoms with Crippen LogP contribution in [0.4, 0.5) is 0 Å². The van der Waals surface area contributed by atoms with Crippen LogP contribution in [0.5, 0.6) is 0 Å². The Morgan fingerprint density at radius 1 is 1.00 bits per heavy atom. The SMILES string of the molecule is O=C(c1ccc2nsnc2c1)N1CCN(Cc2nc3ccccc3[nH]2)CC1. The fraction of sp³-hybridized carbons (Fsp3) is 0.263. The zero-order valence-electron chi connectivity index (χ0n) is 14.6. The number of aromatic amines is 1. The van der Waals surface area contributed by atoms with E-state index in [1.807, 2.05) is 47.4 Å². The molecule has 0 atom stereocenters. The third-order valence-electron chi connectivity index (χ3n) is 4.97. The Hall–Kier alpha value is -2.84. The first-order valence-electron chi connectivity index (χ1n) is 8.94. The molecule has 0 radical (unpaired) electrons. The summed E-state index contributed by atoms with van der Waals surface area (Å²) < 4.78 is 8.41. The van der Waals surface area contributed by atoms with Gasteiger partial charge in [-0.2, -0.15) is 8.75 Å². The number of fused-ring (bicyclic) bond motifs is 2. The van der Waals surface area contributed by atoms with Gasteiger partial charge in [0.15, 0.2) is 0 Å². The number of imidazole rings is 1. The van der Waals surface area contributed by atoms with E-state index in [0.717, 1.165) is 47.5 Å². The van der Waals surface area contributed by atoms with Gasteiger partial charge in [0.25, 0.3) is 5.91 Å². The first kappa shape index (κ1) is 16.3. The lowest BCUT2D eigenvalue weighted by Crippen LogP contribution is -2.48. The van der Waals surface area contributed by atoms with E-state index in [0.29, 0.717) is 18.7 Å². The van der Waals surface area contributed by atoms with Crippen LogP contribution in [-0.2, 0) is 6.54 Å². The first-order valence-corrected chi connectivity index (χ1v) is 9.67. The zero-order chi connectivity index (χ0) is 18.2. The van der Waals surface area contributed by atoms with E-state index >= 15 is 0 Å². The van der Waals surface area contributed by atoms with Crippen molar-refractivity contribution in [1.29, 1.82) is 0 Å². The molecule has 1 aliphatic rings. The van der Waals surface area contributed by atoms with Crippen molar-refractivity contribution in [3.8, 4) is 0 Å². The van der Waals surface area contributed by atoms with Gasteiger partial charge in [-0.25, -0.2) is 4.98 Å². The lowest BCUT2D eigenvalue weighted by atomic mass is 10.1. The van der Waals surface area contributed by atoms with E-state index in [1.54, 1.807) is 0 Å². The van der Waals surface area contributed by atoms with E-state index < -0.39 is 0 Å². The molecule has 8 heteroatoms. The van der Waals surface area contributed by atoms with Crippen LogP contribution in [0.25, 0.3) is 22.1 Å². The van der Waals surface area contributed by atoms with E-state index in [9.17, 15) is 4.79 Å². The number of amides is 1. The van der Waals surface area contributed by atoms with Gasteiger partial charge in [-0.05, 0) is 30.3 Å². The molecule has 0 bridgehead atoms. The molecule has 27 heavy (non-hydrogen) atoms. The summed E-state index contributed by atoms with van der Waals surface area (Å²) in [5.41, 5.74) is 4.36. The summed E-state index contributed by atoms with van der Waals surface area (Å²) >= 11 is 1.17. The summed E-state index contributed by atoms with van der Waals surface area (Å²) in [6, 6.07) is 13.6. The van der Waals surface area contributed by atoms with E-state index in [1.165, 1.54) is 11.7 Å². The van der Waals surface area contributed by atoms with Crippen LogP contribution >= 0.6 is 11.7 Å². The minimum Gasteiger partial charge on any atom is -0.341 e. The Balaban J connectivity index is 1.23. The number of hydrogen-bond acceptors (Lipinski definition) is 6. The maximum Gasteiger partial charge on any atom is 0.254 e. The Morgan fingerprint density at radius 3 is 2.67 bits per heavy atom. The van der Waals surface area contributed by atoms with Crippen LogP contribution < -0.4 is 0 Å². The summed E-state index contributed by atoms with van der Waals surface area (Å²) in [4.78, 5) is 25.0. The van der Waals surface area contributed by atoms with E-state index in [-0.39, 0.29) is 5.91 Å². The lowest BCUT2D eigenvalue weighted by Gasteiger charge is -2.34. The molecule has 1 amide bonds. The summed E-state index contributed by atoms with van der Waals surface area (Å²) in [5, 5.41) is 0. The van der Waals surface area contributed by atoms with Gasteiger partial charge in [0.2, 0.25) is 0 Å². The predicted molar refractivity (Wildman–Crippen MR) is 105 cm³/mol. The molecule has 4 aromatic rings. The van der Waals surface area contributed by atoms with Crippen molar-refractivity contribution >= 4 is 39.7 Å². The summed E-state index contributed by atoms with van der Waals surface area (Å²) in [6.45, 7) is 3.87. The molecule has 0 saturated carbocycles. The monoisotopic (exact) mass is 378 g/mol. The number of rotatable bonds is 3. The normalized spacial score (nSPS) is 15.6. The van der Waals surface area contributed by atoms with Crippen molar-refractivity contribution in [1.82, 2.24) is 28.5 Å². The molecule has 2 aromatic heterocycles. The Labute approximate surface area is 160 Å². The topological polar surface area (TPSA) is 78.0 Å². The van der Waals surface area contributed by atoms with Crippen molar-refractivity contribution in [3.05, 3.63) is 53.9 Å². The predicted octanol–water partition coefficient (Wildman–Crippen LogP) is 2.53. The lowest BCUT2D eigenvalue weighted by molar-refractivity contribution is 0.0626. The van der Waals surface area contributed by atoms with Crippen molar-refractivity contribution < 1.29 is 4.79 Å². The number of carbonyl (C=O) groups excluding carboxylic acids is 1. The molecular weight excluding hydrogens is 360 g/mol. The Morgan fingerprint density at radius 2 is 1.81 bits per heavy atom. The van der Waals surface area contributed by atoms with Gasteiger partial charge in [0.1, 0.15) is 16.9 Å². The number of piperazine rings is 1. The van der Waals surface area contributed by atoms with Gasteiger partial charge in [-0.3, -0.25) is 9.69 Å². The fourth-order valence-electron chi connectivity index (χ4n) is 3.50. The highest BCUT2D eigenvalue weighted by molar-refractivity contribution is 7.00. The van der Waals surface area contributed by atoms with Crippen molar-refractivity contribution in [2.24, 2.45) is 0 Å². The number of para-hydroxylation sites is 2. The molecule has 1 aliphatic heterocycles. The highest BCUT2D eigenvalue weighted by atomic mass is 32.1. The van der Waals surface area contributed by atoms with E-state index in [4.69, 9.17) is 0 Å². The molecule has 2 aromatic carbocycles. The maximum absolute atomic E-state index is 12.8. The van der Waals surface area contributed by atoms with Crippen molar-refractivity contribution in [3.63, 3.8) is 0 Å². The zero-order valence-corrected chi connectivity index (χ0v) is 15.4. The highest BCUT2D eigenvalue weighted by Crippen LogP contribution is 2.17. The molecule has 1 saturated heterocycles. The second-order valence-electron chi connectivity index (χ2n) is 6.74. The van der Waals surface area contributed by atoms with E-state index in [2.05, 4.69) is 23.6 Å². The fourth-order valence-corrected chi connectivity index (χ4v) is 4.02. The van der Waals surface area contributed by atoms with Gasteiger partial charge in [0, 0.05) is 31.7 Å². The van der Waals surface area contributed by atoms with Crippen molar-refractivity contribution in [2.45, 2.75) is 6.54 Å². The molecule has 0 unspecified atom stereocenters. The number of nitrogens with zero attached hydrogens (tertiary/aromatic N) is 5. The molecule has 136 valence electrons. The van der Waals surface area contributed by atoms with Gasteiger partial charge < -0.3 is 9.88 Å². The molecule has 1 fully saturated rings. The number of benzene rings is 2. The molecule has 0 spiro atoms. The number of aromatic nitrogens is 4. The van der Waals surface area contributed by atoms with Crippen LogP contribution in [0.2, 0.25) is 0 Å². The van der Waals surface area contributed by atoms with Gasteiger partial charge in [-0.1, -0.05) is 12.1 Å². The standard InChI is InChI=1S/C19H18N6OS/c26-19(13-5-6-16-17(11-13)23-27-22-16)25-9-7-24(8-10-25)12-18-20-14-3-1-2-4-15(14)21-18/h1-6,11H,7-10,12H2,(H,20,21). The Kier molecular flexibility index (Phi) is 4.06. The summed E-state index contributed by atoms with van der Waals surface area (Å²) in [5.74, 6) is 1.03. The quantitative estimate of drug-likeness (QED) is 0.593. The third-order valence-corrected chi connectivity index (χ3v) is 5.53. The van der Waals surface area contributed by atoms with Gasteiger partial charge in [-0.15, -0.1) is 0 Å². The number of nitrogens with one attached hydrogen (secondary N) is 1. The number of carbonyl (C=O) groups is 1. The number of hydrogen-bond donors (Lipinski definition) is 1. The molecule has 0 aliphatic carbocycles. The second-order valence-corrected chi connectivity index (χ2v) is 7.27. The van der Waals surface area contributed by atoms with Crippen molar-refractivity contribution in [2.75, 3.05) is 26.2 Å². The van der Waals surface area contributed by atoms with Gasteiger partial charge >= 0.3 is 0 Å². The minimum absolute atomic E-state index is 0.0632. The molecule has 3 heterocycles. The third kappa shape index (κ3) is 3.17. The Bertz CT molecular complexity index is 1080. The molecule has 1 N–H and O–H groups in total. The molecule has 5 rings (SSSR count). The average Bonchev–Trinajstić information content (AvgIpc) is 3.33. The smallest absolute Gasteiger partial charge is 0.254 e. The van der Waals surface area contributed by atoms with Crippen LogP contribution in [-0.4, -0.2) is 60.6 Å². The van der Waals surface area contributed by atoms with Gasteiger partial charge in [0.05, 0.1) is 29.3 Å². The average molecular weight is 378 g/mol.